The fraction of sp³-hybridized carbons (Fsp3) is 0.0268. The van der Waals surface area contributed by atoms with Crippen molar-refractivity contribution in [1.82, 2.24) is 48.1 Å². The SMILES string of the molecule is CC1(C)c2ccccc2-c2ccc(-c3ccc4c(c3)c3nc5ccccc5cc3c3nc5ccccc5n43)cc21.c1cc(-c2ccc3ccccc3c2)cc(-c2ccc3c(c2)c2nc4ccccc4cc2c2nc4ccccc4n32)c1.c1cc(-c2ccc3ccccc3c2)nc(-c2ccc3c(c2)c2nc4ccccc4cc2c2nc4ccccc4n32)c1. The van der Waals surface area contributed by atoms with E-state index in [0.29, 0.717) is 0 Å². The van der Waals surface area contributed by atoms with Crippen LogP contribution in [0.4, 0.5) is 0 Å². The Balaban J connectivity index is 0.000000101. The Morgan fingerprint density at radius 2 is 0.516 bits per heavy atom. The molecular formula is C112H70N10. The van der Waals surface area contributed by atoms with Crippen LogP contribution < -0.4 is 0 Å². The molecule has 0 bridgehead atoms. The molecule has 0 fully saturated rings. The molecule has 10 nitrogen and oxygen atoms in total. The van der Waals surface area contributed by atoms with Crippen LogP contribution in [0.3, 0.4) is 0 Å². The van der Waals surface area contributed by atoms with E-state index in [1.807, 2.05) is 18.2 Å². The van der Waals surface area contributed by atoms with Gasteiger partial charge in [0.25, 0.3) is 0 Å². The van der Waals surface area contributed by atoms with Gasteiger partial charge in [-0.2, -0.15) is 0 Å². The van der Waals surface area contributed by atoms with E-state index in [9.17, 15) is 0 Å². The molecule has 0 N–H and O–H groups in total. The Kier molecular flexibility index (Phi) is 15.2. The second-order valence-corrected chi connectivity index (χ2v) is 32.7. The summed E-state index contributed by atoms with van der Waals surface area (Å²) in [5, 5.41) is 14.8. The van der Waals surface area contributed by atoms with Crippen molar-refractivity contribution in [3.63, 3.8) is 0 Å². The van der Waals surface area contributed by atoms with Crippen LogP contribution in [-0.2, 0) is 5.41 Å². The lowest BCUT2D eigenvalue weighted by Gasteiger charge is -2.22. The van der Waals surface area contributed by atoms with E-state index in [1.165, 1.54) is 77.2 Å². The minimum absolute atomic E-state index is 0.0339. The highest BCUT2D eigenvalue weighted by molar-refractivity contribution is 6.19. The van der Waals surface area contributed by atoms with Gasteiger partial charge in [0.2, 0.25) is 0 Å². The van der Waals surface area contributed by atoms with Gasteiger partial charge in [-0.1, -0.05) is 257 Å². The molecule has 1 aliphatic carbocycles. The van der Waals surface area contributed by atoms with Gasteiger partial charge >= 0.3 is 0 Å². The number of para-hydroxylation sites is 9. The maximum absolute atomic E-state index is 5.22. The van der Waals surface area contributed by atoms with Gasteiger partial charge in [-0.25, -0.2) is 34.9 Å². The lowest BCUT2D eigenvalue weighted by atomic mass is 9.81. The second-order valence-electron chi connectivity index (χ2n) is 32.7. The first-order valence-electron chi connectivity index (χ1n) is 41.6. The fourth-order valence-corrected chi connectivity index (χ4v) is 19.3. The Labute approximate surface area is 698 Å². The molecule has 0 amide bonds. The van der Waals surface area contributed by atoms with Crippen LogP contribution >= 0.6 is 0 Å². The van der Waals surface area contributed by atoms with Crippen LogP contribution in [0.25, 0.3) is 237 Å². The van der Waals surface area contributed by atoms with E-state index < -0.39 is 0 Å². The van der Waals surface area contributed by atoms with Crippen LogP contribution in [0, 0.1) is 0 Å². The van der Waals surface area contributed by atoms with E-state index in [4.69, 9.17) is 34.9 Å². The molecule has 122 heavy (non-hydrogen) atoms. The van der Waals surface area contributed by atoms with Gasteiger partial charge in [0.05, 0.1) is 94.1 Å². The average molecular weight is 1560 g/mol. The standard InChI is InChI=1S/C38H23N3.C37H22N4.C37H25N3/c1-2-9-25-20-28(17-16-24(25)8-1)26-11-7-12-27(21-26)29-18-19-35-31(22-29)37-32(23-30-10-3-4-13-33(30)39-37)38-40-34-14-5-6-15-36(34)41(35)38;1-2-9-24-20-26(17-16-23(24)8-1)30-13-7-14-31(38-30)27-18-19-34-28(21-27)36-29(22-25-10-3-4-11-32(25)39-36)37-40-33-12-5-6-15-35(33)41(34)37;1-37(2)29-11-5-4-10-25(29)26-17-15-23(21-30(26)37)22-16-18-33-27(19-22)35-28(20-24-9-3-6-12-31(24)38-35)36-39-32-13-7-8-14-34(32)40(33)36/h1-23H;1-22H;3-21H,1-2H3. The molecule has 26 aromatic rings. The largest absolute Gasteiger partial charge is 0.292 e. The number of aromatic nitrogens is 10. The van der Waals surface area contributed by atoms with E-state index in [0.717, 1.165) is 171 Å². The Morgan fingerprint density at radius 3 is 1.00 bits per heavy atom. The Morgan fingerprint density at radius 1 is 0.189 bits per heavy atom. The van der Waals surface area contributed by atoms with Crippen molar-refractivity contribution in [1.29, 1.82) is 0 Å². The predicted octanol–water partition coefficient (Wildman–Crippen LogP) is 28.4. The maximum Gasteiger partial charge on any atom is 0.147 e. The number of rotatable bonds is 5. The molecule has 10 heterocycles. The zero-order valence-electron chi connectivity index (χ0n) is 66.4. The van der Waals surface area contributed by atoms with Gasteiger partial charge < -0.3 is 0 Å². The van der Waals surface area contributed by atoms with E-state index >= 15 is 0 Å². The highest BCUT2D eigenvalue weighted by Crippen LogP contribution is 2.50. The third-order valence-electron chi connectivity index (χ3n) is 25.3. The zero-order chi connectivity index (χ0) is 80.4. The normalized spacial score (nSPS) is 12.6. The maximum atomic E-state index is 5.22. The number of fused-ring (bicyclic) bond motifs is 32. The second kappa shape index (κ2) is 26.9. The number of imidazole rings is 3. The van der Waals surface area contributed by atoms with Gasteiger partial charge in [-0.05, 0) is 223 Å². The minimum Gasteiger partial charge on any atom is -0.292 e. The molecular weight excluding hydrogens is 1490 g/mol. The molecule has 0 unspecified atom stereocenters. The highest BCUT2D eigenvalue weighted by Gasteiger charge is 2.35. The number of benzene rings is 16. The molecule has 27 rings (SSSR count). The van der Waals surface area contributed by atoms with E-state index in [-0.39, 0.29) is 5.41 Å². The summed E-state index contributed by atoms with van der Waals surface area (Å²) in [6, 6.07) is 138. The predicted molar refractivity (Wildman–Crippen MR) is 507 cm³/mol. The van der Waals surface area contributed by atoms with Crippen molar-refractivity contribution in [3.8, 4) is 67.0 Å². The zero-order valence-corrected chi connectivity index (χ0v) is 66.4. The van der Waals surface area contributed by atoms with Crippen molar-refractivity contribution >= 4 is 170 Å². The van der Waals surface area contributed by atoms with E-state index in [2.05, 4.69) is 397 Å². The van der Waals surface area contributed by atoms with Gasteiger partial charge in [-0.3, -0.25) is 13.2 Å². The average Bonchev–Trinajstić information content (AvgIpc) is 1.50. The molecule has 0 radical (unpaired) electrons. The fourth-order valence-electron chi connectivity index (χ4n) is 19.3. The first kappa shape index (κ1) is 69.0. The van der Waals surface area contributed by atoms with Crippen LogP contribution in [0.2, 0.25) is 0 Å². The van der Waals surface area contributed by atoms with Gasteiger partial charge in [0, 0.05) is 65.0 Å². The lowest BCUT2D eigenvalue weighted by molar-refractivity contribution is 0.660. The Bertz CT molecular complexity index is 8630. The van der Waals surface area contributed by atoms with Gasteiger partial charge in [-0.15, -0.1) is 0 Å². The highest BCUT2D eigenvalue weighted by atomic mass is 15.0. The summed E-state index contributed by atoms with van der Waals surface area (Å²) in [6.45, 7) is 4.68. The third kappa shape index (κ3) is 10.9. The van der Waals surface area contributed by atoms with Crippen molar-refractivity contribution < 1.29 is 0 Å². The third-order valence-corrected chi connectivity index (χ3v) is 25.3. The summed E-state index contributed by atoms with van der Waals surface area (Å²) in [4.78, 5) is 35.9. The molecule has 568 valence electrons. The molecule has 1 aliphatic rings. The van der Waals surface area contributed by atoms with Crippen molar-refractivity contribution in [3.05, 3.63) is 399 Å². The summed E-state index contributed by atoms with van der Waals surface area (Å²) < 4.78 is 6.86. The first-order valence-corrected chi connectivity index (χ1v) is 41.6. The number of hydrogen-bond acceptors (Lipinski definition) is 7. The summed E-state index contributed by atoms with van der Waals surface area (Å²) in [5.74, 6) is 0. The van der Waals surface area contributed by atoms with Crippen LogP contribution in [0.5, 0.6) is 0 Å². The molecule has 0 saturated carbocycles. The van der Waals surface area contributed by atoms with Gasteiger partial charge in [0.15, 0.2) is 0 Å². The molecule has 10 heteroatoms. The summed E-state index contributed by atoms with van der Waals surface area (Å²) >= 11 is 0. The topological polar surface area (TPSA) is 103 Å². The summed E-state index contributed by atoms with van der Waals surface area (Å²) in [5.41, 5.74) is 35.0. The monoisotopic (exact) mass is 1550 g/mol. The van der Waals surface area contributed by atoms with Crippen molar-refractivity contribution in [2.45, 2.75) is 19.3 Å². The lowest BCUT2D eigenvalue weighted by Crippen LogP contribution is -2.14. The molecule has 0 atom stereocenters. The number of hydrogen-bond donors (Lipinski definition) is 0. The van der Waals surface area contributed by atoms with Crippen LogP contribution in [-0.4, -0.2) is 48.1 Å². The molecule has 16 aromatic carbocycles. The number of pyridine rings is 7. The summed E-state index contributed by atoms with van der Waals surface area (Å²) in [6.07, 6.45) is 0. The minimum atomic E-state index is -0.0339. The summed E-state index contributed by atoms with van der Waals surface area (Å²) in [7, 11) is 0. The smallest absolute Gasteiger partial charge is 0.147 e. The number of nitrogens with zero attached hydrogens (tertiary/aromatic N) is 10. The molecule has 0 saturated heterocycles. The molecule has 0 aliphatic heterocycles. The van der Waals surface area contributed by atoms with E-state index in [1.54, 1.807) is 0 Å². The quantitative estimate of drug-likeness (QED) is 0.125. The van der Waals surface area contributed by atoms with Crippen LogP contribution in [0.15, 0.2) is 388 Å². The van der Waals surface area contributed by atoms with Gasteiger partial charge in [0.1, 0.15) is 16.9 Å². The van der Waals surface area contributed by atoms with Crippen LogP contribution in [0.1, 0.15) is 25.0 Å². The molecule has 0 spiro atoms. The first-order chi connectivity index (χ1) is 60.2. The van der Waals surface area contributed by atoms with Crippen molar-refractivity contribution in [2.75, 3.05) is 0 Å². The molecule has 10 aromatic heterocycles. The Hall–Kier alpha value is -16.2. The van der Waals surface area contributed by atoms with Crippen molar-refractivity contribution in [2.24, 2.45) is 0 Å².